The van der Waals surface area contributed by atoms with Gasteiger partial charge in [0, 0.05) is 28.2 Å². The van der Waals surface area contributed by atoms with E-state index >= 15 is 0 Å². The average Bonchev–Trinajstić information content (AvgIpc) is 2.78. The average molecular weight is 426 g/mol. The number of hydrogen-bond donors (Lipinski definition) is 2. The smallest absolute Gasteiger partial charge is 0.290 e. The lowest BCUT2D eigenvalue weighted by Crippen LogP contribution is -2.31. The van der Waals surface area contributed by atoms with Gasteiger partial charge in [-0.3, -0.25) is 4.79 Å². The third kappa shape index (κ3) is 6.18. The molecule has 1 fully saturated rings. The lowest BCUT2D eigenvalue weighted by Gasteiger charge is -2.26. The Morgan fingerprint density at radius 2 is 1.77 bits per heavy atom. The van der Waals surface area contributed by atoms with Crippen molar-refractivity contribution in [3.05, 3.63) is 59.6 Å². The van der Waals surface area contributed by atoms with E-state index in [4.69, 9.17) is 26.5 Å². The van der Waals surface area contributed by atoms with E-state index in [1.807, 2.05) is 30.3 Å². The number of fused-ring (bicyclic) bond motifs is 1. The molecule has 3 aromatic rings. The van der Waals surface area contributed by atoms with Crippen LogP contribution in [0.3, 0.4) is 0 Å². The Kier molecular flexibility index (Phi) is 8.48. The van der Waals surface area contributed by atoms with E-state index in [1.165, 1.54) is 44.3 Å². The van der Waals surface area contributed by atoms with Gasteiger partial charge in [-0.1, -0.05) is 48.4 Å². The van der Waals surface area contributed by atoms with Crippen LogP contribution in [0.4, 0.5) is 5.69 Å². The topological polar surface area (TPSA) is 65.5 Å². The van der Waals surface area contributed by atoms with E-state index in [9.17, 15) is 0 Å². The quantitative estimate of drug-likeness (QED) is 0.400. The van der Waals surface area contributed by atoms with Crippen LogP contribution >= 0.6 is 11.6 Å². The fourth-order valence-corrected chi connectivity index (χ4v) is 3.92. The standard InChI is InChI=1S/C23H26ClN3.CH2O2/c24-19-11-9-18(10-12-19)22-17-23(20-7-2-3-8-21(20)26-22)25-13-6-16-27-14-4-1-5-15-27;2-1-3/h2-3,7-12,17H,1,4-6,13-16H2,(H,25,26);1H,(H,2,3). The first kappa shape index (κ1) is 22.1. The van der Waals surface area contributed by atoms with Gasteiger partial charge in [-0.2, -0.15) is 0 Å². The molecule has 2 heterocycles. The monoisotopic (exact) mass is 425 g/mol. The van der Waals surface area contributed by atoms with Crippen LogP contribution in [0.1, 0.15) is 25.7 Å². The third-order valence-electron chi connectivity index (χ3n) is 5.27. The minimum Gasteiger partial charge on any atom is -0.483 e. The van der Waals surface area contributed by atoms with Gasteiger partial charge in [-0.15, -0.1) is 0 Å². The predicted octanol–water partition coefficient (Wildman–Crippen LogP) is 5.54. The van der Waals surface area contributed by atoms with Crippen molar-refractivity contribution in [1.82, 2.24) is 9.88 Å². The molecule has 1 aromatic heterocycles. The zero-order valence-corrected chi connectivity index (χ0v) is 17.8. The number of halogens is 1. The Hall–Kier alpha value is -2.63. The lowest BCUT2D eigenvalue weighted by molar-refractivity contribution is -0.122. The van der Waals surface area contributed by atoms with E-state index in [1.54, 1.807) is 0 Å². The first-order valence-corrected chi connectivity index (χ1v) is 10.8. The predicted molar refractivity (Wildman–Crippen MR) is 124 cm³/mol. The molecule has 0 spiro atoms. The molecular weight excluding hydrogens is 398 g/mol. The van der Waals surface area contributed by atoms with Crippen LogP contribution in [-0.4, -0.2) is 47.6 Å². The van der Waals surface area contributed by atoms with Gasteiger partial charge in [-0.05, 0) is 63.2 Å². The largest absolute Gasteiger partial charge is 0.483 e. The van der Waals surface area contributed by atoms with Gasteiger partial charge in [0.05, 0.1) is 11.2 Å². The molecule has 5 nitrogen and oxygen atoms in total. The molecule has 2 aromatic carbocycles. The second-order valence-electron chi connectivity index (χ2n) is 7.37. The molecule has 4 rings (SSSR count). The Morgan fingerprint density at radius 3 is 2.50 bits per heavy atom. The maximum Gasteiger partial charge on any atom is 0.290 e. The van der Waals surface area contributed by atoms with Crippen molar-refractivity contribution in [3.63, 3.8) is 0 Å². The molecule has 0 radical (unpaired) electrons. The molecule has 6 heteroatoms. The van der Waals surface area contributed by atoms with Crippen LogP contribution in [0.25, 0.3) is 22.2 Å². The number of carbonyl (C=O) groups is 1. The molecule has 1 aliphatic heterocycles. The van der Waals surface area contributed by atoms with Crippen molar-refractivity contribution in [1.29, 1.82) is 0 Å². The summed E-state index contributed by atoms with van der Waals surface area (Å²) in [5.74, 6) is 0. The van der Waals surface area contributed by atoms with Gasteiger partial charge >= 0.3 is 0 Å². The fourth-order valence-electron chi connectivity index (χ4n) is 3.80. The second kappa shape index (κ2) is 11.5. The van der Waals surface area contributed by atoms with E-state index in [0.29, 0.717) is 0 Å². The van der Waals surface area contributed by atoms with Crippen molar-refractivity contribution in [2.75, 3.05) is 31.5 Å². The number of nitrogens with one attached hydrogen (secondary N) is 1. The van der Waals surface area contributed by atoms with Crippen molar-refractivity contribution in [2.45, 2.75) is 25.7 Å². The number of rotatable bonds is 6. The highest BCUT2D eigenvalue weighted by atomic mass is 35.5. The van der Waals surface area contributed by atoms with Crippen LogP contribution in [0, 0.1) is 0 Å². The molecule has 0 bridgehead atoms. The van der Waals surface area contributed by atoms with Gasteiger partial charge in [0.2, 0.25) is 0 Å². The van der Waals surface area contributed by atoms with Gasteiger partial charge < -0.3 is 15.3 Å². The SMILES string of the molecule is Clc1ccc(-c2cc(NCCCN3CCCCC3)c3ccccc3n2)cc1.O=CO. The summed E-state index contributed by atoms with van der Waals surface area (Å²) >= 11 is 6.04. The van der Waals surface area contributed by atoms with Gasteiger partial charge in [-0.25, -0.2) is 4.98 Å². The lowest BCUT2D eigenvalue weighted by atomic mass is 10.1. The highest BCUT2D eigenvalue weighted by Gasteiger charge is 2.10. The maximum atomic E-state index is 8.36. The maximum absolute atomic E-state index is 8.36. The molecule has 0 amide bonds. The van der Waals surface area contributed by atoms with Gasteiger partial charge in [0.15, 0.2) is 0 Å². The van der Waals surface area contributed by atoms with Gasteiger partial charge in [0.1, 0.15) is 0 Å². The van der Waals surface area contributed by atoms with E-state index in [2.05, 4.69) is 34.5 Å². The van der Waals surface area contributed by atoms with Crippen LogP contribution in [0.5, 0.6) is 0 Å². The molecule has 1 saturated heterocycles. The van der Waals surface area contributed by atoms with Crippen LogP contribution < -0.4 is 5.32 Å². The Morgan fingerprint density at radius 1 is 1.07 bits per heavy atom. The molecular formula is C24H28ClN3O2. The molecule has 0 unspecified atom stereocenters. The second-order valence-corrected chi connectivity index (χ2v) is 7.80. The Balaban J connectivity index is 0.000000806. The molecule has 1 aliphatic rings. The number of benzene rings is 2. The zero-order chi connectivity index (χ0) is 21.2. The minimum absolute atomic E-state index is 0.250. The van der Waals surface area contributed by atoms with Crippen LogP contribution in [0.2, 0.25) is 5.02 Å². The highest BCUT2D eigenvalue weighted by molar-refractivity contribution is 6.30. The number of likely N-dealkylation sites (tertiary alicyclic amines) is 1. The molecule has 30 heavy (non-hydrogen) atoms. The minimum atomic E-state index is -0.250. The summed E-state index contributed by atoms with van der Waals surface area (Å²) in [5, 5.41) is 12.5. The van der Waals surface area contributed by atoms with Crippen molar-refractivity contribution in [3.8, 4) is 11.3 Å². The summed E-state index contributed by atoms with van der Waals surface area (Å²) in [6.07, 6.45) is 5.26. The van der Waals surface area contributed by atoms with Gasteiger partial charge in [0.25, 0.3) is 6.47 Å². The Bertz CT molecular complexity index is 941. The van der Waals surface area contributed by atoms with Crippen LogP contribution in [-0.2, 0) is 4.79 Å². The number of anilines is 1. The third-order valence-corrected chi connectivity index (χ3v) is 5.52. The fraction of sp³-hybridized carbons (Fsp3) is 0.333. The number of aromatic nitrogens is 1. The summed E-state index contributed by atoms with van der Waals surface area (Å²) in [6.45, 7) is 4.43. The molecule has 0 saturated carbocycles. The summed E-state index contributed by atoms with van der Waals surface area (Å²) in [5.41, 5.74) is 4.23. The number of piperidine rings is 1. The summed E-state index contributed by atoms with van der Waals surface area (Å²) in [7, 11) is 0. The van der Waals surface area contributed by atoms with Crippen molar-refractivity contribution in [2.24, 2.45) is 0 Å². The van der Waals surface area contributed by atoms with E-state index in [0.717, 1.165) is 40.4 Å². The van der Waals surface area contributed by atoms with Crippen molar-refractivity contribution < 1.29 is 9.90 Å². The number of pyridine rings is 1. The highest BCUT2D eigenvalue weighted by Crippen LogP contribution is 2.29. The first-order chi connectivity index (χ1) is 14.7. The number of nitrogens with zero attached hydrogens (tertiary/aromatic N) is 2. The number of hydrogen-bond acceptors (Lipinski definition) is 4. The number of para-hydroxylation sites is 1. The van der Waals surface area contributed by atoms with E-state index in [-0.39, 0.29) is 6.47 Å². The number of carboxylic acid groups (broad SMARTS) is 1. The molecule has 158 valence electrons. The van der Waals surface area contributed by atoms with Crippen LogP contribution in [0.15, 0.2) is 54.6 Å². The summed E-state index contributed by atoms with van der Waals surface area (Å²) in [4.78, 5) is 15.8. The normalized spacial score (nSPS) is 14.0. The van der Waals surface area contributed by atoms with Crippen molar-refractivity contribution >= 4 is 34.7 Å². The zero-order valence-electron chi connectivity index (χ0n) is 17.1. The first-order valence-electron chi connectivity index (χ1n) is 10.4. The summed E-state index contributed by atoms with van der Waals surface area (Å²) in [6, 6.07) is 18.4. The molecule has 2 N–H and O–H groups in total. The molecule has 0 atom stereocenters. The molecule has 0 aliphatic carbocycles. The summed E-state index contributed by atoms with van der Waals surface area (Å²) < 4.78 is 0. The van der Waals surface area contributed by atoms with E-state index < -0.39 is 0 Å². The Labute approximate surface area is 182 Å².